The number of aryl methyl sites for hydroxylation is 1. The molecule has 0 spiro atoms. The van der Waals surface area contributed by atoms with Crippen molar-refractivity contribution in [3.63, 3.8) is 0 Å². The van der Waals surface area contributed by atoms with Crippen LogP contribution >= 0.6 is 11.6 Å². The van der Waals surface area contributed by atoms with Crippen LogP contribution in [-0.2, 0) is 11.3 Å². The number of hydrogen-bond donors (Lipinski definition) is 1. The van der Waals surface area contributed by atoms with Crippen LogP contribution in [0.25, 0.3) is 22.2 Å². The smallest absolute Gasteiger partial charge is 0.260 e. The minimum absolute atomic E-state index is 0.0525. The molecule has 1 amide bonds. The lowest BCUT2D eigenvalue weighted by Crippen LogP contribution is -2.58. The first-order valence-corrected chi connectivity index (χ1v) is 12.8. The summed E-state index contributed by atoms with van der Waals surface area (Å²) in [6.07, 6.45) is 3.64. The number of pyridine rings is 1. The average molecular weight is 541 g/mol. The third-order valence-corrected chi connectivity index (χ3v) is 7.38. The second kappa shape index (κ2) is 11.4. The first kappa shape index (κ1) is 27.4. The number of ether oxygens (including phenoxy) is 2. The Labute approximate surface area is 226 Å². The van der Waals surface area contributed by atoms with Gasteiger partial charge >= 0.3 is 0 Å². The van der Waals surface area contributed by atoms with E-state index in [2.05, 4.69) is 35.3 Å². The van der Waals surface area contributed by atoms with Gasteiger partial charge < -0.3 is 20.1 Å². The number of rotatable bonds is 8. The Balaban J connectivity index is 1.68. The van der Waals surface area contributed by atoms with Crippen molar-refractivity contribution in [2.45, 2.75) is 38.9 Å². The summed E-state index contributed by atoms with van der Waals surface area (Å²) in [5.41, 5.74) is 6.96. The third kappa shape index (κ3) is 5.32. The van der Waals surface area contributed by atoms with E-state index in [0.717, 1.165) is 6.54 Å². The monoisotopic (exact) mass is 540 g/mol. The number of nitrogens with two attached hydrogens (primary N) is 1. The van der Waals surface area contributed by atoms with Gasteiger partial charge in [-0.1, -0.05) is 18.2 Å². The summed E-state index contributed by atoms with van der Waals surface area (Å²) in [4.78, 5) is 38.7. The molecule has 3 heterocycles. The Morgan fingerprint density at radius 3 is 2.50 bits per heavy atom. The number of anilines is 1. The summed E-state index contributed by atoms with van der Waals surface area (Å²) >= 11 is 6.63. The number of benzene rings is 1. The SMILES string of the molecule is C=CC(=O)N1CC(C)N(CCCn2c(=O)c(-c3cc(OC)cc(OC)c3Cl)cc3cnc(N)nc32)C(C)C1. The lowest BCUT2D eigenvalue weighted by atomic mass is 10.0. The fourth-order valence-electron chi connectivity index (χ4n) is 5.13. The standard InChI is InChI=1S/C27H33ClN6O4/c1-6-23(35)32-14-16(2)33(17(3)15-32)8-7-9-34-25-18(13-30-27(29)31-25)10-21(26(34)36)20-11-19(37-4)12-22(38-5)24(20)28/h6,10-13,16-17H,1,7-9,14-15H2,2-5H3,(H2,29,30,31). The molecule has 11 heteroatoms. The zero-order valence-corrected chi connectivity index (χ0v) is 22.9. The lowest BCUT2D eigenvalue weighted by molar-refractivity contribution is -0.130. The van der Waals surface area contributed by atoms with Gasteiger partial charge in [0.15, 0.2) is 0 Å². The van der Waals surface area contributed by atoms with E-state index in [-0.39, 0.29) is 29.5 Å². The molecule has 2 atom stereocenters. The van der Waals surface area contributed by atoms with Crippen LogP contribution < -0.4 is 20.8 Å². The van der Waals surface area contributed by atoms with Gasteiger partial charge in [0.1, 0.15) is 17.1 Å². The topological polar surface area (TPSA) is 116 Å². The zero-order chi connectivity index (χ0) is 27.6. The number of nitrogens with zero attached hydrogens (tertiary/aromatic N) is 5. The third-order valence-electron chi connectivity index (χ3n) is 6.99. The maximum Gasteiger partial charge on any atom is 0.260 e. The molecule has 2 unspecified atom stereocenters. The van der Waals surface area contributed by atoms with Crippen LogP contribution in [0.1, 0.15) is 20.3 Å². The second-order valence-corrected chi connectivity index (χ2v) is 9.83. The van der Waals surface area contributed by atoms with Crippen molar-refractivity contribution >= 4 is 34.5 Å². The van der Waals surface area contributed by atoms with E-state index in [1.54, 1.807) is 29.0 Å². The highest BCUT2D eigenvalue weighted by Gasteiger charge is 2.30. The van der Waals surface area contributed by atoms with Gasteiger partial charge in [0.2, 0.25) is 11.9 Å². The lowest BCUT2D eigenvalue weighted by Gasteiger charge is -2.44. The number of aromatic nitrogens is 3. The normalized spacial score (nSPS) is 18.0. The Morgan fingerprint density at radius 2 is 1.87 bits per heavy atom. The summed E-state index contributed by atoms with van der Waals surface area (Å²) in [6, 6.07) is 5.43. The van der Waals surface area contributed by atoms with Crippen LogP contribution in [0.15, 0.2) is 41.8 Å². The average Bonchev–Trinajstić information content (AvgIpc) is 2.90. The van der Waals surface area contributed by atoms with Gasteiger partial charge in [0.25, 0.3) is 5.56 Å². The van der Waals surface area contributed by atoms with Gasteiger partial charge in [0, 0.05) is 67.0 Å². The molecule has 1 aliphatic heterocycles. The predicted molar refractivity (Wildman–Crippen MR) is 149 cm³/mol. The van der Waals surface area contributed by atoms with E-state index in [1.807, 2.05) is 4.90 Å². The highest BCUT2D eigenvalue weighted by atomic mass is 35.5. The molecule has 0 bridgehead atoms. The van der Waals surface area contributed by atoms with Gasteiger partial charge in [-0.2, -0.15) is 4.98 Å². The molecule has 1 aromatic carbocycles. The summed E-state index contributed by atoms with van der Waals surface area (Å²) in [7, 11) is 3.05. The number of hydrogen-bond acceptors (Lipinski definition) is 8. The van der Waals surface area contributed by atoms with Crippen molar-refractivity contribution in [1.82, 2.24) is 24.3 Å². The number of piperazine rings is 1. The Morgan fingerprint density at radius 1 is 1.16 bits per heavy atom. The Kier molecular flexibility index (Phi) is 8.23. The molecule has 3 aromatic rings. The van der Waals surface area contributed by atoms with Crippen molar-refractivity contribution in [2.24, 2.45) is 0 Å². The molecular formula is C27H33ClN6O4. The molecular weight excluding hydrogens is 508 g/mol. The molecule has 0 saturated carbocycles. The molecule has 202 valence electrons. The van der Waals surface area contributed by atoms with Gasteiger partial charge in [-0.15, -0.1) is 0 Å². The number of amides is 1. The van der Waals surface area contributed by atoms with Crippen LogP contribution in [0.4, 0.5) is 5.95 Å². The summed E-state index contributed by atoms with van der Waals surface area (Å²) in [5, 5.41) is 0.965. The van der Waals surface area contributed by atoms with E-state index >= 15 is 0 Å². The highest BCUT2D eigenvalue weighted by Crippen LogP contribution is 2.38. The largest absolute Gasteiger partial charge is 0.497 e. The first-order valence-electron chi connectivity index (χ1n) is 12.4. The van der Waals surface area contributed by atoms with E-state index in [1.165, 1.54) is 20.3 Å². The summed E-state index contributed by atoms with van der Waals surface area (Å²) < 4.78 is 12.4. The van der Waals surface area contributed by atoms with Crippen molar-refractivity contribution in [2.75, 3.05) is 39.6 Å². The van der Waals surface area contributed by atoms with E-state index in [9.17, 15) is 9.59 Å². The zero-order valence-electron chi connectivity index (χ0n) is 22.1. The molecule has 0 aliphatic carbocycles. The van der Waals surface area contributed by atoms with Crippen molar-refractivity contribution < 1.29 is 14.3 Å². The number of carbonyl (C=O) groups is 1. The summed E-state index contributed by atoms with van der Waals surface area (Å²) in [5.74, 6) is 0.948. The Bertz CT molecular complexity index is 1410. The van der Waals surface area contributed by atoms with Crippen molar-refractivity contribution in [1.29, 1.82) is 0 Å². The molecule has 4 rings (SSSR count). The van der Waals surface area contributed by atoms with Crippen LogP contribution in [0.3, 0.4) is 0 Å². The summed E-state index contributed by atoms with van der Waals surface area (Å²) in [6.45, 7) is 10.2. The second-order valence-electron chi connectivity index (χ2n) is 9.45. The van der Waals surface area contributed by atoms with Gasteiger partial charge in [-0.05, 0) is 38.5 Å². The molecule has 0 radical (unpaired) electrons. The minimum Gasteiger partial charge on any atom is -0.497 e. The molecule has 1 fully saturated rings. The van der Waals surface area contributed by atoms with E-state index in [4.69, 9.17) is 26.8 Å². The van der Waals surface area contributed by atoms with Gasteiger partial charge in [0.05, 0.1) is 19.2 Å². The van der Waals surface area contributed by atoms with Gasteiger partial charge in [-0.3, -0.25) is 19.1 Å². The van der Waals surface area contributed by atoms with E-state index in [0.29, 0.717) is 64.7 Å². The Hall–Kier alpha value is -3.63. The van der Waals surface area contributed by atoms with E-state index < -0.39 is 0 Å². The number of fused-ring (bicyclic) bond motifs is 1. The molecule has 2 N–H and O–H groups in total. The molecule has 2 aromatic heterocycles. The number of nitrogen functional groups attached to an aromatic ring is 1. The van der Waals surface area contributed by atoms with Crippen LogP contribution in [0.5, 0.6) is 11.5 Å². The fourth-order valence-corrected chi connectivity index (χ4v) is 5.41. The molecule has 1 saturated heterocycles. The molecule has 1 aliphatic rings. The van der Waals surface area contributed by atoms with Crippen molar-refractivity contribution in [3.05, 3.63) is 52.4 Å². The molecule has 38 heavy (non-hydrogen) atoms. The first-order chi connectivity index (χ1) is 18.2. The fraction of sp³-hybridized carbons (Fsp3) is 0.407. The van der Waals surface area contributed by atoms with Gasteiger partial charge in [-0.25, -0.2) is 4.98 Å². The minimum atomic E-state index is -0.254. The molecule has 10 nitrogen and oxygen atoms in total. The quantitative estimate of drug-likeness (QED) is 0.433. The van der Waals surface area contributed by atoms with Crippen LogP contribution in [0.2, 0.25) is 5.02 Å². The maximum atomic E-state index is 13.9. The van der Waals surface area contributed by atoms with Crippen LogP contribution in [0, 0.1) is 0 Å². The number of methoxy groups -OCH3 is 2. The predicted octanol–water partition coefficient (Wildman–Crippen LogP) is 3.21. The number of halogens is 1. The van der Waals surface area contributed by atoms with Crippen molar-refractivity contribution in [3.8, 4) is 22.6 Å². The maximum absolute atomic E-state index is 13.9. The number of carbonyl (C=O) groups excluding carboxylic acids is 1. The highest BCUT2D eigenvalue weighted by molar-refractivity contribution is 6.35. The van der Waals surface area contributed by atoms with Crippen LogP contribution in [-0.4, -0.2) is 76.2 Å².